The molecule has 0 rings (SSSR count). The number of hydrogen-bond donors (Lipinski definition) is 1. The van der Waals surface area contributed by atoms with Crippen LogP contribution in [0, 0.1) is 0 Å². The van der Waals surface area contributed by atoms with E-state index in [1.165, 1.54) is 0 Å². The van der Waals surface area contributed by atoms with Crippen molar-refractivity contribution in [3.63, 3.8) is 0 Å². The molecule has 44 valence electrons. The summed E-state index contributed by atoms with van der Waals surface area (Å²) in [5.41, 5.74) is 4.43. The molecule has 0 radical (unpaired) electrons. The molecule has 0 saturated carbocycles. The first-order chi connectivity index (χ1) is 3.77. The third-order valence-electron chi connectivity index (χ3n) is 0.635. The highest BCUT2D eigenvalue weighted by Crippen LogP contribution is 1.78. The monoisotopic (exact) mass is 110 g/mol. The second-order valence-corrected chi connectivity index (χ2v) is 1.54. The number of hydrogen-bond acceptors (Lipinski definition) is 0. The van der Waals surface area contributed by atoms with Crippen LogP contribution in [0.25, 0.3) is 0 Å². The van der Waals surface area contributed by atoms with E-state index < -0.39 is 0 Å². The van der Waals surface area contributed by atoms with E-state index in [9.17, 15) is 0 Å². The Bertz CT molecular complexity index is 120. The lowest BCUT2D eigenvalue weighted by atomic mass is 10.4. The molecule has 3 N–H and O–H groups in total. The molecule has 1 nitrogen and oxygen atoms in total. The summed E-state index contributed by atoms with van der Waals surface area (Å²) in [5.74, 6) is 0. The Balaban J connectivity index is 3.50. The minimum atomic E-state index is 0.836. The van der Waals surface area contributed by atoms with Crippen molar-refractivity contribution in [2.24, 2.45) is 0 Å². The van der Waals surface area contributed by atoms with Crippen LogP contribution in [0.1, 0.15) is 6.92 Å². The van der Waals surface area contributed by atoms with Crippen LogP contribution in [0.4, 0.5) is 0 Å². The molecule has 0 aliphatic heterocycles. The fourth-order valence-electron chi connectivity index (χ4n) is 0.303. The van der Waals surface area contributed by atoms with Gasteiger partial charge in [0.15, 0.2) is 0 Å². The second kappa shape index (κ2) is 4.34. The van der Waals surface area contributed by atoms with E-state index >= 15 is 0 Å². The summed E-state index contributed by atoms with van der Waals surface area (Å²) in [6.07, 6.45) is 7.67. The zero-order valence-electron chi connectivity index (χ0n) is 5.22. The molecule has 0 unspecified atom stereocenters. The molecule has 0 aromatic carbocycles. The number of rotatable bonds is 2. The van der Waals surface area contributed by atoms with Crippen LogP contribution in [-0.2, 0) is 0 Å². The van der Waals surface area contributed by atoms with Crippen molar-refractivity contribution in [2.75, 3.05) is 0 Å². The maximum atomic E-state index is 3.60. The maximum absolute atomic E-state index is 3.60. The smallest absolute Gasteiger partial charge is 0.120 e. The SMILES string of the molecule is C=C([NH3+])/C=C\C=C/C. The van der Waals surface area contributed by atoms with Gasteiger partial charge in [0.2, 0.25) is 0 Å². The van der Waals surface area contributed by atoms with Gasteiger partial charge in [0.1, 0.15) is 5.70 Å². The summed E-state index contributed by atoms with van der Waals surface area (Å²) in [6, 6.07) is 0. The van der Waals surface area contributed by atoms with Crippen molar-refractivity contribution in [2.45, 2.75) is 6.92 Å². The van der Waals surface area contributed by atoms with Gasteiger partial charge in [-0.05, 0) is 19.6 Å². The minimum absolute atomic E-state index is 0.836. The van der Waals surface area contributed by atoms with E-state index in [0.29, 0.717) is 0 Å². The van der Waals surface area contributed by atoms with E-state index in [-0.39, 0.29) is 0 Å². The lowest BCUT2D eigenvalue weighted by molar-refractivity contribution is -0.294. The third-order valence-corrected chi connectivity index (χ3v) is 0.635. The summed E-state index contributed by atoms with van der Waals surface area (Å²) in [4.78, 5) is 0. The number of quaternary nitrogens is 1. The number of allylic oxidation sites excluding steroid dienone is 4. The summed E-state index contributed by atoms with van der Waals surface area (Å²) in [5, 5.41) is 0. The van der Waals surface area contributed by atoms with Crippen molar-refractivity contribution in [1.29, 1.82) is 0 Å². The fourth-order valence-corrected chi connectivity index (χ4v) is 0.303. The zero-order chi connectivity index (χ0) is 6.41. The molecule has 0 fully saturated rings. The highest BCUT2D eigenvalue weighted by atomic mass is 14.5. The predicted octanol–water partition coefficient (Wildman–Crippen LogP) is 0.874. The van der Waals surface area contributed by atoms with Crippen LogP contribution >= 0.6 is 0 Å². The first-order valence-electron chi connectivity index (χ1n) is 2.57. The standard InChI is InChI=1S/C7H11N/c1-3-4-5-6-7(2)8/h3-6H,2,8H2,1H3/p+1/b4-3-,6-5-. The van der Waals surface area contributed by atoms with Gasteiger partial charge in [0.25, 0.3) is 0 Å². The molecule has 0 aromatic heterocycles. The summed E-state index contributed by atoms with van der Waals surface area (Å²) >= 11 is 0. The molecule has 0 bridgehead atoms. The normalized spacial score (nSPS) is 11.2. The van der Waals surface area contributed by atoms with Crippen molar-refractivity contribution < 1.29 is 5.73 Å². The third kappa shape index (κ3) is 5.18. The molecule has 0 spiro atoms. The first kappa shape index (κ1) is 7.18. The van der Waals surface area contributed by atoms with E-state index in [1.807, 2.05) is 31.2 Å². The van der Waals surface area contributed by atoms with Gasteiger partial charge in [0.05, 0.1) is 0 Å². The van der Waals surface area contributed by atoms with Crippen LogP contribution in [0.5, 0.6) is 0 Å². The molecular weight excluding hydrogens is 98.1 g/mol. The van der Waals surface area contributed by atoms with Crippen LogP contribution in [0.2, 0.25) is 0 Å². The summed E-state index contributed by atoms with van der Waals surface area (Å²) in [6.45, 7) is 5.56. The second-order valence-electron chi connectivity index (χ2n) is 1.54. The van der Waals surface area contributed by atoms with Gasteiger partial charge in [-0.3, -0.25) is 0 Å². The van der Waals surface area contributed by atoms with E-state index in [0.717, 1.165) is 5.70 Å². The quantitative estimate of drug-likeness (QED) is 0.511. The van der Waals surface area contributed by atoms with Crippen LogP contribution < -0.4 is 5.73 Å². The van der Waals surface area contributed by atoms with Gasteiger partial charge >= 0.3 is 0 Å². The molecule has 0 aliphatic carbocycles. The molecule has 0 aliphatic rings. The van der Waals surface area contributed by atoms with Crippen molar-refractivity contribution >= 4 is 0 Å². The molecule has 0 saturated heterocycles. The molecule has 0 atom stereocenters. The zero-order valence-corrected chi connectivity index (χ0v) is 5.22. The van der Waals surface area contributed by atoms with Gasteiger partial charge in [-0.25, -0.2) is 0 Å². The van der Waals surface area contributed by atoms with Crippen LogP contribution in [-0.4, -0.2) is 0 Å². The largest absolute Gasteiger partial charge is 0.326 e. The van der Waals surface area contributed by atoms with Gasteiger partial charge in [-0.15, -0.1) is 0 Å². The van der Waals surface area contributed by atoms with Crippen LogP contribution in [0.15, 0.2) is 36.6 Å². The highest BCUT2D eigenvalue weighted by Gasteiger charge is 1.71. The topological polar surface area (TPSA) is 27.6 Å². The van der Waals surface area contributed by atoms with E-state index in [2.05, 4.69) is 12.3 Å². The van der Waals surface area contributed by atoms with Gasteiger partial charge in [-0.1, -0.05) is 18.2 Å². The van der Waals surface area contributed by atoms with E-state index in [1.54, 1.807) is 0 Å². The van der Waals surface area contributed by atoms with Gasteiger partial charge in [0, 0.05) is 0 Å². The van der Waals surface area contributed by atoms with E-state index in [4.69, 9.17) is 0 Å². The lowest BCUT2D eigenvalue weighted by Gasteiger charge is -1.74. The Kier molecular flexibility index (Phi) is 3.90. The van der Waals surface area contributed by atoms with Gasteiger partial charge < -0.3 is 5.73 Å². The molecule has 0 heterocycles. The lowest BCUT2D eigenvalue weighted by Crippen LogP contribution is -2.45. The first-order valence-corrected chi connectivity index (χ1v) is 2.57. The molecule has 0 aromatic rings. The van der Waals surface area contributed by atoms with Crippen molar-refractivity contribution in [3.05, 3.63) is 36.6 Å². The Morgan fingerprint density at radius 1 is 1.50 bits per heavy atom. The van der Waals surface area contributed by atoms with Gasteiger partial charge in [-0.2, -0.15) is 0 Å². The maximum Gasteiger partial charge on any atom is 0.120 e. The highest BCUT2D eigenvalue weighted by molar-refractivity contribution is 5.11. The van der Waals surface area contributed by atoms with Crippen LogP contribution in [0.3, 0.4) is 0 Å². The minimum Gasteiger partial charge on any atom is -0.326 e. The predicted molar refractivity (Wildman–Crippen MR) is 36.0 cm³/mol. The van der Waals surface area contributed by atoms with Crippen molar-refractivity contribution in [1.82, 2.24) is 0 Å². The Morgan fingerprint density at radius 3 is 2.50 bits per heavy atom. The molecule has 8 heavy (non-hydrogen) atoms. The Labute approximate surface area is 50.2 Å². The molecule has 1 heteroatoms. The Hall–Kier alpha value is -0.820. The molecule has 0 amide bonds. The Morgan fingerprint density at radius 2 is 2.12 bits per heavy atom. The summed E-state index contributed by atoms with van der Waals surface area (Å²) in [7, 11) is 0. The fraction of sp³-hybridized carbons (Fsp3) is 0.143. The summed E-state index contributed by atoms with van der Waals surface area (Å²) < 4.78 is 0. The van der Waals surface area contributed by atoms with Crippen molar-refractivity contribution in [3.8, 4) is 0 Å². The average Bonchev–Trinajstić information content (AvgIpc) is 1.66. The molecular formula is C7H12N+. The average molecular weight is 110 g/mol.